The van der Waals surface area contributed by atoms with Gasteiger partial charge in [0.25, 0.3) is 11.5 Å². The molecule has 6 rings (SSSR count). The lowest BCUT2D eigenvalue weighted by Crippen LogP contribution is -2.27. The SMILES string of the molecule is CNC(=O)c1c(-c2ccc(F)cc2)oc2cc(N(C)SC)c(-c3ccc4nnn(C(C)c5ccc(F)cc5)c(=O)c4c3)cc12. The molecule has 0 bridgehead atoms. The molecule has 2 heterocycles. The first-order valence-corrected chi connectivity index (χ1v) is 14.9. The van der Waals surface area contributed by atoms with Crippen LogP contribution in [0.4, 0.5) is 14.5 Å². The van der Waals surface area contributed by atoms with E-state index in [1.165, 1.54) is 47.9 Å². The molecule has 44 heavy (non-hydrogen) atoms. The number of halogens is 2. The number of carbonyl (C=O) groups is 1. The standard InChI is InChI=1S/C33H27F2N5O3S/c1-18(19-5-10-22(34)11-6-19)40-33(42)25-15-21(9-14-27(25)37-38-40)24-16-26-29(17-28(24)39(3)44-4)43-31(30(26)32(41)36-2)20-7-12-23(35)13-8-20/h5-18H,1-4H3,(H,36,41). The van der Waals surface area contributed by atoms with Crippen LogP contribution in [0.3, 0.4) is 0 Å². The fraction of sp³-hybridized carbons (Fsp3) is 0.152. The third-order valence-electron chi connectivity index (χ3n) is 7.69. The zero-order chi connectivity index (χ0) is 31.1. The molecule has 8 nitrogen and oxygen atoms in total. The molecule has 0 fully saturated rings. The van der Waals surface area contributed by atoms with Crippen molar-refractivity contribution in [3.8, 4) is 22.5 Å². The molecule has 1 N–H and O–H groups in total. The highest BCUT2D eigenvalue weighted by atomic mass is 32.2. The van der Waals surface area contributed by atoms with Crippen molar-refractivity contribution in [3.63, 3.8) is 0 Å². The van der Waals surface area contributed by atoms with E-state index in [1.54, 1.807) is 43.3 Å². The number of aromatic nitrogens is 3. The summed E-state index contributed by atoms with van der Waals surface area (Å²) in [5.41, 5.74) is 4.40. The largest absolute Gasteiger partial charge is 0.455 e. The molecule has 0 aliphatic rings. The molecule has 4 aromatic carbocycles. The molecule has 0 saturated carbocycles. The monoisotopic (exact) mass is 611 g/mol. The van der Waals surface area contributed by atoms with E-state index in [4.69, 9.17) is 4.42 Å². The van der Waals surface area contributed by atoms with Crippen molar-refractivity contribution in [2.75, 3.05) is 24.7 Å². The summed E-state index contributed by atoms with van der Waals surface area (Å²) in [6.45, 7) is 1.80. The summed E-state index contributed by atoms with van der Waals surface area (Å²) in [5, 5.41) is 12.0. The Morgan fingerprint density at radius 1 is 0.955 bits per heavy atom. The molecule has 0 aliphatic heterocycles. The van der Waals surface area contributed by atoms with Gasteiger partial charge in [-0.1, -0.05) is 35.4 Å². The van der Waals surface area contributed by atoms with Crippen LogP contribution < -0.4 is 15.2 Å². The molecule has 0 saturated heterocycles. The van der Waals surface area contributed by atoms with E-state index in [0.29, 0.717) is 49.9 Å². The van der Waals surface area contributed by atoms with Gasteiger partial charge in [-0.3, -0.25) is 9.59 Å². The number of hydrogen-bond acceptors (Lipinski definition) is 7. The van der Waals surface area contributed by atoms with Gasteiger partial charge in [-0.25, -0.2) is 13.5 Å². The summed E-state index contributed by atoms with van der Waals surface area (Å²) in [7, 11) is 3.44. The van der Waals surface area contributed by atoms with Gasteiger partial charge >= 0.3 is 0 Å². The van der Waals surface area contributed by atoms with Crippen molar-refractivity contribution < 1.29 is 18.0 Å². The molecule has 0 spiro atoms. The van der Waals surface area contributed by atoms with Crippen LogP contribution >= 0.6 is 11.9 Å². The summed E-state index contributed by atoms with van der Waals surface area (Å²) in [5.74, 6) is -0.802. The normalized spacial score (nSPS) is 12.0. The Morgan fingerprint density at radius 2 is 1.61 bits per heavy atom. The van der Waals surface area contributed by atoms with Crippen LogP contribution in [-0.4, -0.2) is 41.3 Å². The summed E-state index contributed by atoms with van der Waals surface area (Å²) in [4.78, 5) is 26.9. The Bertz CT molecular complexity index is 2090. The van der Waals surface area contributed by atoms with Gasteiger partial charge in [-0.05, 0) is 72.6 Å². The first-order valence-electron chi connectivity index (χ1n) is 13.7. The molecule has 1 atom stereocenters. The lowest BCUT2D eigenvalue weighted by Gasteiger charge is -2.20. The number of nitrogens with zero attached hydrogens (tertiary/aromatic N) is 4. The average molecular weight is 612 g/mol. The Morgan fingerprint density at radius 3 is 2.27 bits per heavy atom. The number of furan rings is 1. The predicted molar refractivity (Wildman–Crippen MR) is 170 cm³/mol. The molecule has 0 radical (unpaired) electrons. The van der Waals surface area contributed by atoms with Gasteiger partial charge in [0.05, 0.1) is 22.7 Å². The Balaban J connectivity index is 1.56. The molecule has 222 valence electrons. The topological polar surface area (TPSA) is 93.3 Å². The van der Waals surface area contributed by atoms with Crippen LogP contribution in [-0.2, 0) is 0 Å². The molecule has 1 unspecified atom stereocenters. The Hall–Kier alpha value is -5.03. The van der Waals surface area contributed by atoms with E-state index in [1.807, 2.05) is 35.8 Å². The molecule has 6 aromatic rings. The number of rotatable bonds is 7. The third-order valence-corrected chi connectivity index (χ3v) is 8.44. The van der Waals surface area contributed by atoms with E-state index in [0.717, 1.165) is 11.3 Å². The minimum atomic E-state index is -0.482. The fourth-order valence-electron chi connectivity index (χ4n) is 5.24. The van der Waals surface area contributed by atoms with Gasteiger partial charge in [0.2, 0.25) is 0 Å². The number of amides is 1. The predicted octanol–water partition coefficient (Wildman–Crippen LogP) is 6.83. The van der Waals surface area contributed by atoms with Crippen molar-refractivity contribution in [2.45, 2.75) is 13.0 Å². The van der Waals surface area contributed by atoms with E-state index in [-0.39, 0.29) is 17.3 Å². The lowest BCUT2D eigenvalue weighted by atomic mass is 9.97. The second-order valence-corrected chi connectivity index (χ2v) is 11.1. The minimum absolute atomic E-state index is 0.316. The van der Waals surface area contributed by atoms with Crippen LogP contribution in [0.25, 0.3) is 44.3 Å². The Labute approximate surface area is 255 Å². The van der Waals surface area contributed by atoms with Gasteiger partial charge in [0, 0.05) is 42.9 Å². The van der Waals surface area contributed by atoms with Crippen LogP contribution in [0.15, 0.2) is 88.1 Å². The van der Waals surface area contributed by atoms with Crippen LogP contribution in [0.5, 0.6) is 0 Å². The van der Waals surface area contributed by atoms with Gasteiger partial charge in [0.1, 0.15) is 28.5 Å². The van der Waals surface area contributed by atoms with Crippen LogP contribution in [0, 0.1) is 11.6 Å². The van der Waals surface area contributed by atoms with Crippen LogP contribution in [0.2, 0.25) is 0 Å². The number of benzene rings is 4. The summed E-state index contributed by atoms with van der Waals surface area (Å²) in [6.07, 6.45) is 1.93. The molecule has 1 amide bonds. The maximum atomic E-state index is 13.7. The highest BCUT2D eigenvalue weighted by Gasteiger charge is 2.25. The van der Waals surface area contributed by atoms with Crippen molar-refractivity contribution in [3.05, 3.63) is 112 Å². The minimum Gasteiger partial charge on any atom is -0.455 e. The molecular weight excluding hydrogens is 584 g/mol. The summed E-state index contributed by atoms with van der Waals surface area (Å²) in [6, 6.07) is 20.3. The maximum absolute atomic E-state index is 13.7. The summed E-state index contributed by atoms with van der Waals surface area (Å²) >= 11 is 1.48. The number of hydrogen-bond donors (Lipinski definition) is 1. The van der Waals surface area contributed by atoms with Gasteiger partial charge in [-0.2, -0.15) is 0 Å². The van der Waals surface area contributed by atoms with Gasteiger partial charge in [0.15, 0.2) is 0 Å². The molecule has 0 aliphatic carbocycles. The second kappa shape index (κ2) is 11.6. The highest BCUT2D eigenvalue weighted by Crippen LogP contribution is 2.42. The number of carbonyl (C=O) groups excluding carboxylic acids is 1. The first-order chi connectivity index (χ1) is 21.2. The van der Waals surface area contributed by atoms with E-state index in [9.17, 15) is 18.4 Å². The van der Waals surface area contributed by atoms with E-state index < -0.39 is 11.9 Å². The lowest BCUT2D eigenvalue weighted by molar-refractivity contribution is 0.0964. The molecule has 2 aromatic heterocycles. The van der Waals surface area contributed by atoms with Crippen molar-refractivity contribution in [2.24, 2.45) is 0 Å². The van der Waals surface area contributed by atoms with E-state index in [2.05, 4.69) is 15.6 Å². The zero-order valence-electron chi connectivity index (χ0n) is 24.3. The smallest absolute Gasteiger partial charge is 0.278 e. The van der Waals surface area contributed by atoms with Crippen molar-refractivity contribution in [1.82, 2.24) is 20.3 Å². The first kappa shape index (κ1) is 29.1. The van der Waals surface area contributed by atoms with Gasteiger partial charge in [-0.15, -0.1) is 5.10 Å². The Kier molecular flexibility index (Phi) is 7.64. The van der Waals surface area contributed by atoms with E-state index >= 15 is 0 Å². The maximum Gasteiger partial charge on any atom is 0.278 e. The number of anilines is 1. The highest BCUT2D eigenvalue weighted by molar-refractivity contribution is 7.99. The molecule has 11 heteroatoms. The number of fused-ring (bicyclic) bond motifs is 2. The summed E-state index contributed by atoms with van der Waals surface area (Å²) < 4.78 is 36.7. The fourth-order valence-corrected chi connectivity index (χ4v) is 5.58. The van der Waals surface area contributed by atoms with Crippen LogP contribution in [0.1, 0.15) is 28.9 Å². The van der Waals surface area contributed by atoms with Crippen molar-refractivity contribution in [1.29, 1.82) is 0 Å². The molecular formula is C33H27F2N5O3S. The number of nitrogens with one attached hydrogen (secondary N) is 1. The second-order valence-electron chi connectivity index (χ2n) is 10.2. The van der Waals surface area contributed by atoms with Gasteiger partial charge < -0.3 is 14.0 Å². The van der Waals surface area contributed by atoms with Crippen molar-refractivity contribution >= 4 is 45.4 Å². The third kappa shape index (κ3) is 5.09. The average Bonchev–Trinajstić information content (AvgIpc) is 3.42. The quantitative estimate of drug-likeness (QED) is 0.198. The zero-order valence-corrected chi connectivity index (χ0v) is 25.1.